The van der Waals surface area contributed by atoms with E-state index in [4.69, 9.17) is 5.11 Å². The fraction of sp³-hybridized carbons (Fsp3) is 0.308. The molecule has 0 bridgehead atoms. The Hall–Kier alpha value is -1.22. The van der Waals surface area contributed by atoms with Gasteiger partial charge in [-0.05, 0) is 32.0 Å². The van der Waals surface area contributed by atoms with Gasteiger partial charge >= 0.3 is 5.97 Å². The topological polar surface area (TPSA) is 74.7 Å². The Morgan fingerprint density at radius 3 is 2.52 bits per heavy atom. The Labute approximate surface area is 131 Å². The molecule has 0 aromatic carbocycles. The molecule has 114 valence electrons. The predicted molar refractivity (Wildman–Crippen MR) is 83.7 cm³/mol. The largest absolute Gasteiger partial charge is 0.478 e. The molecule has 1 atom stereocenters. The number of carboxylic acid groups (broad SMARTS) is 1. The van der Waals surface area contributed by atoms with E-state index in [0.29, 0.717) is 0 Å². The molecule has 0 aliphatic rings. The van der Waals surface area contributed by atoms with Crippen LogP contribution in [0.4, 0.5) is 0 Å². The number of aryl methyl sites for hydroxylation is 1. The molecule has 0 radical (unpaired) electrons. The van der Waals surface area contributed by atoms with Crippen molar-refractivity contribution >= 4 is 38.7 Å². The van der Waals surface area contributed by atoms with Gasteiger partial charge in [-0.3, -0.25) is 0 Å². The average molecular weight is 345 g/mol. The van der Waals surface area contributed by atoms with Gasteiger partial charge in [0, 0.05) is 22.2 Å². The summed E-state index contributed by atoms with van der Waals surface area (Å²) in [5, 5.41) is 10.2. The summed E-state index contributed by atoms with van der Waals surface area (Å²) in [5.41, 5.74) is -0.00778. The van der Waals surface area contributed by atoms with Crippen LogP contribution in [-0.4, -0.2) is 30.8 Å². The van der Waals surface area contributed by atoms with E-state index in [1.54, 1.807) is 11.3 Å². The lowest BCUT2D eigenvalue weighted by Gasteiger charge is -2.22. The van der Waals surface area contributed by atoms with Gasteiger partial charge < -0.3 is 5.11 Å². The summed E-state index contributed by atoms with van der Waals surface area (Å²) >= 11 is 2.47. The molecule has 1 N–H and O–H groups in total. The van der Waals surface area contributed by atoms with Crippen molar-refractivity contribution < 1.29 is 18.3 Å². The molecule has 1 unspecified atom stereocenters. The number of carbonyl (C=O) groups is 1. The van der Waals surface area contributed by atoms with Crippen LogP contribution < -0.4 is 0 Å². The molecular weight excluding hydrogens is 330 g/mol. The molecule has 0 fully saturated rings. The third kappa shape index (κ3) is 3.18. The van der Waals surface area contributed by atoms with Crippen molar-refractivity contribution in [2.45, 2.75) is 24.1 Å². The summed E-state index contributed by atoms with van der Waals surface area (Å²) in [4.78, 5) is 12.9. The summed E-state index contributed by atoms with van der Waals surface area (Å²) in [6.45, 7) is 3.78. The van der Waals surface area contributed by atoms with Crippen LogP contribution >= 0.6 is 22.7 Å². The van der Waals surface area contributed by atoms with Crippen molar-refractivity contribution in [3.63, 3.8) is 0 Å². The minimum absolute atomic E-state index is 0.00778. The molecule has 2 heterocycles. The Bertz CT molecular complexity index is 760. The standard InChI is InChI=1S/C13H15NO4S3/c1-8-4-5-11(20-8)9(2)14(3)21(17,18)12-6-10(7-19-12)13(15)16/h4-7,9H,1-3H3,(H,15,16). The molecule has 0 aliphatic heterocycles. The van der Waals surface area contributed by atoms with Gasteiger partial charge in [0.25, 0.3) is 10.0 Å². The lowest BCUT2D eigenvalue weighted by Crippen LogP contribution is -2.28. The highest BCUT2D eigenvalue weighted by Gasteiger charge is 2.29. The molecule has 2 aromatic heterocycles. The predicted octanol–water partition coefficient (Wildman–Crippen LogP) is 3.20. The van der Waals surface area contributed by atoms with Gasteiger partial charge in [-0.15, -0.1) is 22.7 Å². The normalized spacial score (nSPS) is 13.5. The first-order valence-corrected chi connectivity index (χ1v) is 9.23. The highest BCUT2D eigenvalue weighted by Crippen LogP contribution is 2.32. The van der Waals surface area contributed by atoms with E-state index in [9.17, 15) is 13.2 Å². The average Bonchev–Trinajstić information content (AvgIpc) is 3.05. The van der Waals surface area contributed by atoms with Crippen LogP contribution in [0.2, 0.25) is 0 Å². The second-order valence-corrected chi connectivity index (χ2v) is 9.06. The Morgan fingerprint density at radius 1 is 1.38 bits per heavy atom. The summed E-state index contributed by atoms with van der Waals surface area (Å²) < 4.78 is 26.4. The molecule has 21 heavy (non-hydrogen) atoms. The highest BCUT2D eigenvalue weighted by atomic mass is 32.2. The van der Waals surface area contributed by atoms with Gasteiger partial charge in [-0.2, -0.15) is 4.31 Å². The minimum atomic E-state index is -3.69. The van der Waals surface area contributed by atoms with E-state index in [2.05, 4.69) is 0 Å². The maximum atomic E-state index is 12.5. The molecule has 8 heteroatoms. The molecule has 0 saturated carbocycles. The highest BCUT2D eigenvalue weighted by molar-refractivity contribution is 7.91. The van der Waals surface area contributed by atoms with Crippen molar-refractivity contribution in [3.05, 3.63) is 38.9 Å². The van der Waals surface area contributed by atoms with Crippen molar-refractivity contribution in [2.24, 2.45) is 0 Å². The van der Waals surface area contributed by atoms with E-state index in [1.807, 2.05) is 26.0 Å². The Balaban J connectivity index is 2.31. The third-order valence-electron chi connectivity index (χ3n) is 3.17. The van der Waals surface area contributed by atoms with Crippen molar-refractivity contribution in [1.82, 2.24) is 4.31 Å². The summed E-state index contributed by atoms with van der Waals surface area (Å²) in [6, 6.07) is 4.76. The van der Waals surface area contributed by atoms with E-state index >= 15 is 0 Å². The van der Waals surface area contributed by atoms with Gasteiger partial charge in [0.15, 0.2) is 0 Å². The van der Waals surface area contributed by atoms with E-state index < -0.39 is 16.0 Å². The SMILES string of the molecule is Cc1ccc(C(C)N(C)S(=O)(=O)c2cc(C(=O)O)cs2)s1. The number of thiophene rings is 2. The van der Waals surface area contributed by atoms with Crippen molar-refractivity contribution in [3.8, 4) is 0 Å². The molecule has 2 rings (SSSR count). The first kappa shape index (κ1) is 16.2. The number of hydrogen-bond acceptors (Lipinski definition) is 5. The zero-order valence-corrected chi connectivity index (χ0v) is 14.2. The van der Waals surface area contributed by atoms with Gasteiger partial charge in [-0.25, -0.2) is 13.2 Å². The fourth-order valence-electron chi connectivity index (χ4n) is 1.77. The number of nitrogens with zero attached hydrogens (tertiary/aromatic N) is 1. The number of rotatable bonds is 5. The third-order valence-corrected chi connectivity index (χ3v) is 7.69. The van der Waals surface area contributed by atoms with Gasteiger partial charge in [0.1, 0.15) is 4.21 Å². The molecule has 0 amide bonds. The summed E-state index contributed by atoms with van der Waals surface area (Å²) in [7, 11) is -2.19. The number of aromatic carboxylic acids is 1. The zero-order valence-electron chi connectivity index (χ0n) is 11.7. The Kier molecular flexibility index (Phi) is 4.52. The second-order valence-electron chi connectivity index (χ2n) is 4.61. The lowest BCUT2D eigenvalue weighted by atomic mass is 10.3. The van der Waals surface area contributed by atoms with Crippen molar-refractivity contribution in [1.29, 1.82) is 0 Å². The van der Waals surface area contributed by atoms with Crippen LogP contribution in [0.5, 0.6) is 0 Å². The number of sulfonamides is 1. The van der Waals surface area contributed by atoms with Crippen LogP contribution in [0.3, 0.4) is 0 Å². The minimum Gasteiger partial charge on any atom is -0.478 e. The quantitative estimate of drug-likeness (QED) is 0.903. The Morgan fingerprint density at radius 2 is 2.05 bits per heavy atom. The van der Waals surface area contributed by atoms with Crippen molar-refractivity contribution in [2.75, 3.05) is 7.05 Å². The summed E-state index contributed by atoms with van der Waals surface area (Å²) in [6.07, 6.45) is 0. The smallest absolute Gasteiger partial charge is 0.336 e. The number of hydrogen-bond donors (Lipinski definition) is 1. The van der Waals surface area contributed by atoms with Crippen LogP contribution in [0.1, 0.15) is 33.1 Å². The van der Waals surface area contributed by atoms with E-state index in [1.165, 1.54) is 22.8 Å². The van der Waals surface area contributed by atoms with Gasteiger partial charge in [-0.1, -0.05) is 0 Å². The van der Waals surface area contributed by atoms with Crippen LogP contribution in [-0.2, 0) is 10.0 Å². The van der Waals surface area contributed by atoms with Gasteiger partial charge in [0.2, 0.25) is 0 Å². The summed E-state index contributed by atoms with van der Waals surface area (Å²) in [5.74, 6) is -1.13. The van der Waals surface area contributed by atoms with E-state index in [0.717, 1.165) is 21.1 Å². The molecule has 5 nitrogen and oxygen atoms in total. The number of carboxylic acids is 1. The lowest BCUT2D eigenvalue weighted by molar-refractivity contribution is 0.0697. The molecule has 0 saturated heterocycles. The molecule has 2 aromatic rings. The first-order chi connectivity index (χ1) is 9.73. The molecule has 0 spiro atoms. The maximum absolute atomic E-state index is 12.5. The molecular formula is C13H15NO4S3. The maximum Gasteiger partial charge on any atom is 0.336 e. The van der Waals surface area contributed by atoms with E-state index in [-0.39, 0.29) is 15.8 Å². The first-order valence-electron chi connectivity index (χ1n) is 6.09. The van der Waals surface area contributed by atoms with Gasteiger partial charge in [0.05, 0.1) is 11.6 Å². The zero-order chi connectivity index (χ0) is 15.8. The van der Waals surface area contributed by atoms with Crippen LogP contribution in [0.15, 0.2) is 27.8 Å². The van der Waals surface area contributed by atoms with Crippen LogP contribution in [0, 0.1) is 6.92 Å². The molecule has 0 aliphatic carbocycles. The monoisotopic (exact) mass is 345 g/mol. The second kappa shape index (κ2) is 5.88. The fourth-order valence-corrected chi connectivity index (χ4v) is 5.49. The van der Waals surface area contributed by atoms with Crippen LogP contribution in [0.25, 0.3) is 0 Å².